The maximum absolute atomic E-state index is 11.8. The zero-order valence-electron chi connectivity index (χ0n) is 8.57. The van der Waals surface area contributed by atoms with Gasteiger partial charge < -0.3 is 15.2 Å². The SMILES string of the molecule is O=C(NC1CCOC1)c1ccc(I)c(O)c1. The third-order valence-electron chi connectivity index (χ3n) is 2.47. The van der Waals surface area contributed by atoms with Crippen LogP contribution in [0.1, 0.15) is 16.8 Å². The number of ether oxygens (including phenoxy) is 1. The van der Waals surface area contributed by atoms with E-state index in [9.17, 15) is 9.90 Å². The van der Waals surface area contributed by atoms with Crippen molar-refractivity contribution in [2.45, 2.75) is 12.5 Å². The molecule has 16 heavy (non-hydrogen) atoms. The minimum Gasteiger partial charge on any atom is -0.507 e. The van der Waals surface area contributed by atoms with E-state index in [4.69, 9.17) is 4.74 Å². The van der Waals surface area contributed by atoms with Crippen LogP contribution in [0.25, 0.3) is 0 Å². The average molecular weight is 333 g/mol. The van der Waals surface area contributed by atoms with E-state index in [-0.39, 0.29) is 17.7 Å². The molecule has 1 atom stereocenters. The third kappa shape index (κ3) is 2.65. The third-order valence-corrected chi connectivity index (χ3v) is 3.39. The van der Waals surface area contributed by atoms with Gasteiger partial charge in [-0.25, -0.2) is 0 Å². The largest absolute Gasteiger partial charge is 0.507 e. The number of phenols is 1. The molecule has 0 saturated carbocycles. The summed E-state index contributed by atoms with van der Waals surface area (Å²) in [7, 11) is 0. The number of hydrogen-bond acceptors (Lipinski definition) is 3. The number of phenolic OH excluding ortho intramolecular Hbond substituents is 1. The second-order valence-corrected chi connectivity index (χ2v) is 4.86. The van der Waals surface area contributed by atoms with Crippen LogP contribution in [0, 0.1) is 3.57 Å². The molecule has 1 aliphatic heterocycles. The Morgan fingerprint density at radius 2 is 2.38 bits per heavy atom. The number of nitrogens with one attached hydrogen (secondary N) is 1. The standard InChI is InChI=1S/C11H12INO3/c12-9-2-1-7(5-10(9)14)11(15)13-8-3-4-16-6-8/h1-2,5,8,14H,3-4,6H2,(H,13,15). The fraction of sp³-hybridized carbons (Fsp3) is 0.364. The lowest BCUT2D eigenvalue weighted by Gasteiger charge is -2.10. The molecule has 5 heteroatoms. The molecule has 1 heterocycles. The molecule has 2 rings (SSSR count). The first-order valence-electron chi connectivity index (χ1n) is 5.04. The zero-order valence-corrected chi connectivity index (χ0v) is 10.7. The summed E-state index contributed by atoms with van der Waals surface area (Å²) < 4.78 is 5.91. The zero-order chi connectivity index (χ0) is 11.5. The van der Waals surface area contributed by atoms with Gasteiger partial charge >= 0.3 is 0 Å². The quantitative estimate of drug-likeness (QED) is 0.807. The first-order chi connectivity index (χ1) is 7.66. The van der Waals surface area contributed by atoms with Crippen LogP contribution in [0.5, 0.6) is 5.75 Å². The van der Waals surface area contributed by atoms with Crippen LogP contribution in [0.15, 0.2) is 18.2 Å². The summed E-state index contributed by atoms with van der Waals surface area (Å²) in [5.41, 5.74) is 0.477. The van der Waals surface area contributed by atoms with Crippen LogP contribution < -0.4 is 5.32 Å². The summed E-state index contributed by atoms with van der Waals surface area (Å²) in [4.78, 5) is 11.8. The van der Waals surface area contributed by atoms with Crippen molar-refractivity contribution in [3.63, 3.8) is 0 Å². The molecule has 1 unspecified atom stereocenters. The molecule has 1 aromatic rings. The van der Waals surface area contributed by atoms with E-state index in [0.717, 1.165) is 9.99 Å². The number of carbonyl (C=O) groups excluding carboxylic acids is 1. The highest BCUT2D eigenvalue weighted by Crippen LogP contribution is 2.20. The van der Waals surface area contributed by atoms with Crippen LogP contribution in [-0.2, 0) is 4.74 Å². The molecular formula is C11H12INO3. The van der Waals surface area contributed by atoms with Gasteiger partial charge in [-0.3, -0.25) is 4.79 Å². The van der Waals surface area contributed by atoms with Gasteiger partial charge in [0.15, 0.2) is 0 Å². The fourth-order valence-electron chi connectivity index (χ4n) is 1.57. The molecule has 2 N–H and O–H groups in total. The summed E-state index contributed by atoms with van der Waals surface area (Å²) in [6.07, 6.45) is 0.849. The molecule has 0 radical (unpaired) electrons. The highest BCUT2D eigenvalue weighted by atomic mass is 127. The molecule has 1 aliphatic rings. The second-order valence-electron chi connectivity index (χ2n) is 3.70. The van der Waals surface area contributed by atoms with Gasteiger partial charge in [0.1, 0.15) is 5.75 Å². The summed E-state index contributed by atoms with van der Waals surface area (Å²) >= 11 is 2.01. The van der Waals surface area contributed by atoms with E-state index in [1.165, 1.54) is 6.07 Å². The predicted molar refractivity (Wildman–Crippen MR) is 67.5 cm³/mol. The molecule has 1 aromatic carbocycles. The van der Waals surface area contributed by atoms with Gasteiger partial charge in [-0.2, -0.15) is 0 Å². The van der Waals surface area contributed by atoms with Crippen molar-refractivity contribution in [2.24, 2.45) is 0 Å². The highest BCUT2D eigenvalue weighted by molar-refractivity contribution is 14.1. The van der Waals surface area contributed by atoms with Crippen molar-refractivity contribution in [1.29, 1.82) is 0 Å². The number of carbonyl (C=O) groups is 1. The number of rotatable bonds is 2. The summed E-state index contributed by atoms with van der Waals surface area (Å²) in [6.45, 7) is 1.27. The first kappa shape index (κ1) is 11.7. The van der Waals surface area contributed by atoms with Crippen molar-refractivity contribution in [3.8, 4) is 5.75 Å². The molecule has 0 aromatic heterocycles. The van der Waals surface area contributed by atoms with Crippen LogP contribution in [0.2, 0.25) is 0 Å². The van der Waals surface area contributed by atoms with E-state index in [0.29, 0.717) is 18.8 Å². The smallest absolute Gasteiger partial charge is 0.251 e. The van der Waals surface area contributed by atoms with Gasteiger partial charge in [0.25, 0.3) is 5.91 Å². The minimum atomic E-state index is -0.165. The number of halogens is 1. The lowest BCUT2D eigenvalue weighted by Crippen LogP contribution is -2.34. The summed E-state index contributed by atoms with van der Waals surface area (Å²) in [6, 6.07) is 4.99. The van der Waals surface area contributed by atoms with Crippen molar-refractivity contribution in [3.05, 3.63) is 27.3 Å². The molecule has 0 bridgehead atoms. The van der Waals surface area contributed by atoms with Gasteiger partial charge in [-0.15, -0.1) is 0 Å². The normalized spacial score (nSPS) is 19.7. The summed E-state index contributed by atoms with van der Waals surface area (Å²) in [5.74, 6) is -0.0295. The van der Waals surface area contributed by atoms with Gasteiger partial charge in [-0.05, 0) is 47.2 Å². The van der Waals surface area contributed by atoms with Gasteiger partial charge in [0.05, 0.1) is 16.2 Å². The Balaban J connectivity index is 2.05. The van der Waals surface area contributed by atoms with E-state index >= 15 is 0 Å². The number of benzene rings is 1. The molecular weight excluding hydrogens is 321 g/mol. The maximum atomic E-state index is 11.8. The van der Waals surface area contributed by atoms with Crippen LogP contribution in [0.4, 0.5) is 0 Å². The highest BCUT2D eigenvalue weighted by Gasteiger charge is 2.18. The molecule has 1 fully saturated rings. The Morgan fingerprint density at radius 1 is 1.56 bits per heavy atom. The number of amides is 1. The van der Waals surface area contributed by atoms with Gasteiger partial charge in [0, 0.05) is 12.2 Å². The summed E-state index contributed by atoms with van der Waals surface area (Å²) in [5, 5.41) is 12.4. The predicted octanol–water partition coefficient (Wildman–Crippen LogP) is 1.52. The van der Waals surface area contributed by atoms with Crippen molar-refractivity contribution < 1.29 is 14.6 Å². The molecule has 1 saturated heterocycles. The van der Waals surface area contributed by atoms with Crippen molar-refractivity contribution in [1.82, 2.24) is 5.32 Å². The van der Waals surface area contributed by atoms with E-state index in [1.54, 1.807) is 12.1 Å². The maximum Gasteiger partial charge on any atom is 0.251 e. The van der Waals surface area contributed by atoms with Crippen molar-refractivity contribution in [2.75, 3.05) is 13.2 Å². The van der Waals surface area contributed by atoms with Gasteiger partial charge in [0.2, 0.25) is 0 Å². The topological polar surface area (TPSA) is 58.6 Å². The van der Waals surface area contributed by atoms with Crippen molar-refractivity contribution >= 4 is 28.5 Å². The molecule has 86 valence electrons. The Labute approximate surface area is 107 Å². The van der Waals surface area contributed by atoms with Gasteiger partial charge in [-0.1, -0.05) is 0 Å². The van der Waals surface area contributed by atoms with E-state index in [2.05, 4.69) is 5.32 Å². The monoisotopic (exact) mass is 333 g/mol. The van der Waals surface area contributed by atoms with Crippen LogP contribution in [-0.4, -0.2) is 30.3 Å². The Hall–Kier alpha value is -0.820. The molecule has 1 amide bonds. The molecule has 0 spiro atoms. The number of hydrogen-bond donors (Lipinski definition) is 2. The minimum absolute atomic E-state index is 0.0916. The first-order valence-corrected chi connectivity index (χ1v) is 6.12. The van der Waals surface area contributed by atoms with Crippen LogP contribution >= 0.6 is 22.6 Å². The molecule has 4 nitrogen and oxygen atoms in total. The Bertz CT molecular complexity index is 402. The lowest BCUT2D eigenvalue weighted by atomic mass is 10.2. The Kier molecular flexibility index (Phi) is 3.65. The lowest BCUT2D eigenvalue weighted by molar-refractivity contribution is 0.0929. The average Bonchev–Trinajstić information content (AvgIpc) is 2.74. The van der Waals surface area contributed by atoms with E-state index in [1.807, 2.05) is 22.6 Å². The number of aromatic hydroxyl groups is 1. The second kappa shape index (κ2) is 5.01. The molecule has 0 aliphatic carbocycles. The fourth-order valence-corrected chi connectivity index (χ4v) is 1.91. The van der Waals surface area contributed by atoms with E-state index < -0.39 is 0 Å². The Morgan fingerprint density at radius 3 is 3.00 bits per heavy atom. The van der Waals surface area contributed by atoms with Crippen LogP contribution in [0.3, 0.4) is 0 Å².